The first kappa shape index (κ1) is 16.0. The summed E-state index contributed by atoms with van der Waals surface area (Å²) in [6, 6.07) is 9.23. The van der Waals surface area contributed by atoms with Crippen LogP contribution in [0.5, 0.6) is 0 Å². The number of piperidine rings is 1. The Morgan fingerprint density at radius 2 is 2.00 bits per heavy atom. The van der Waals surface area contributed by atoms with E-state index >= 15 is 0 Å². The van der Waals surface area contributed by atoms with Crippen LogP contribution < -0.4 is 5.32 Å². The fraction of sp³-hybridized carbons (Fsp3) is 0.588. The largest absolute Gasteiger partial charge is 0.387 e. The number of rotatable bonds is 6. The van der Waals surface area contributed by atoms with Crippen LogP contribution in [0.2, 0.25) is 0 Å². The van der Waals surface area contributed by atoms with Gasteiger partial charge in [0.25, 0.3) is 0 Å². The van der Waals surface area contributed by atoms with Crippen LogP contribution >= 0.6 is 0 Å². The molecule has 0 saturated carbocycles. The number of aliphatic hydroxyl groups is 1. The zero-order valence-electron chi connectivity index (χ0n) is 12.8. The molecule has 2 rings (SSSR count). The molecule has 0 radical (unpaired) electrons. The molecule has 0 bridgehead atoms. The van der Waals surface area contributed by atoms with E-state index in [1.807, 2.05) is 12.1 Å². The maximum Gasteiger partial charge on any atom is 0.0991 e. The van der Waals surface area contributed by atoms with Crippen molar-refractivity contribution in [2.24, 2.45) is 5.92 Å². The van der Waals surface area contributed by atoms with E-state index in [0.717, 1.165) is 24.6 Å². The van der Waals surface area contributed by atoms with Crippen molar-refractivity contribution in [3.8, 4) is 6.07 Å². The summed E-state index contributed by atoms with van der Waals surface area (Å²) in [5.74, 6) is 0.723. The third kappa shape index (κ3) is 4.82. The second kappa shape index (κ2) is 8.14. The van der Waals surface area contributed by atoms with Gasteiger partial charge in [0.05, 0.1) is 17.7 Å². The van der Waals surface area contributed by atoms with Gasteiger partial charge in [-0.15, -0.1) is 0 Å². The Kier molecular flexibility index (Phi) is 6.19. The average Bonchev–Trinajstić information content (AvgIpc) is 2.55. The highest BCUT2D eigenvalue weighted by atomic mass is 16.3. The van der Waals surface area contributed by atoms with Crippen molar-refractivity contribution in [2.75, 3.05) is 32.7 Å². The number of benzene rings is 1. The minimum atomic E-state index is -0.506. The van der Waals surface area contributed by atoms with Crippen molar-refractivity contribution in [3.05, 3.63) is 35.4 Å². The first-order chi connectivity index (χ1) is 10.2. The second-order valence-corrected chi connectivity index (χ2v) is 5.79. The molecule has 1 aromatic carbocycles. The zero-order chi connectivity index (χ0) is 15.1. The lowest BCUT2D eigenvalue weighted by molar-refractivity contribution is 0.161. The van der Waals surface area contributed by atoms with E-state index in [4.69, 9.17) is 5.26 Å². The van der Waals surface area contributed by atoms with E-state index in [2.05, 4.69) is 23.2 Å². The number of likely N-dealkylation sites (tertiary alicyclic amines) is 1. The lowest BCUT2D eigenvalue weighted by Crippen LogP contribution is -2.37. The highest BCUT2D eigenvalue weighted by Crippen LogP contribution is 2.17. The summed E-state index contributed by atoms with van der Waals surface area (Å²) in [5, 5.41) is 22.3. The molecule has 0 spiro atoms. The fourth-order valence-corrected chi connectivity index (χ4v) is 2.83. The average molecular weight is 287 g/mol. The van der Waals surface area contributed by atoms with Gasteiger partial charge in [0.1, 0.15) is 0 Å². The van der Waals surface area contributed by atoms with Gasteiger partial charge in [-0.1, -0.05) is 19.1 Å². The van der Waals surface area contributed by atoms with Crippen LogP contribution in [0.3, 0.4) is 0 Å². The van der Waals surface area contributed by atoms with Gasteiger partial charge < -0.3 is 15.3 Å². The molecule has 1 atom stereocenters. The predicted octanol–water partition coefficient (Wildman–Crippen LogP) is 1.91. The molecule has 4 nitrogen and oxygen atoms in total. The molecule has 1 unspecified atom stereocenters. The summed E-state index contributed by atoms with van der Waals surface area (Å²) in [6.45, 7) is 7.30. The van der Waals surface area contributed by atoms with Gasteiger partial charge in [-0.05, 0) is 62.6 Å². The maximum absolute atomic E-state index is 10.1. The Morgan fingerprint density at radius 3 is 2.57 bits per heavy atom. The second-order valence-electron chi connectivity index (χ2n) is 5.79. The highest BCUT2D eigenvalue weighted by molar-refractivity contribution is 5.32. The smallest absolute Gasteiger partial charge is 0.0991 e. The minimum absolute atomic E-state index is 0.506. The van der Waals surface area contributed by atoms with Crippen LogP contribution in [0, 0.1) is 17.2 Å². The molecule has 1 saturated heterocycles. The lowest BCUT2D eigenvalue weighted by atomic mass is 9.96. The Labute approximate surface area is 127 Å². The summed E-state index contributed by atoms with van der Waals surface area (Å²) in [6.07, 6.45) is 1.98. The molecule has 114 valence electrons. The van der Waals surface area contributed by atoms with Gasteiger partial charge >= 0.3 is 0 Å². The van der Waals surface area contributed by atoms with Crippen molar-refractivity contribution >= 4 is 0 Å². The van der Waals surface area contributed by atoms with E-state index in [1.165, 1.54) is 25.9 Å². The molecular weight excluding hydrogens is 262 g/mol. The summed E-state index contributed by atoms with van der Waals surface area (Å²) >= 11 is 0. The van der Waals surface area contributed by atoms with Crippen molar-refractivity contribution in [3.63, 3.8) is 0 Å². The van der Waals surface area contributed by atoms with E-state index in [-0.39, 0.29) is 0 Å². The number of hydrogen-bond donors (Lipinski definition) is 2. The molecule has 1 aliphatic rings. The van der Waals surface area contributed by atoms with E-state index in [1.54, 1.807) is 12.1 Å². The SMILES string of the molecule is CCN1CCC(CNCC(O)c2ccc(C#N)cc2)CC1. The molecular formula is C17H25N3O. The van der Waals surface area contributed by atoms with Crippen molar-refractivity contribution in [1.29, 1.82) is 5.26 Å². The van der Waals surface area contributed by atoms with Gasteiger partial charge in [0.15, 0.2) is 0 Å². The summed E-state index contributed by atoms with van der Waals surface area (Å²) in [5.41, 5.74) is 1.49. The lowest BCUT2D eigenvalue weighted by Gasteiger charge is -2.31. The van der Waals surface area contributed by atoms with Crippen molar-refractivity contribution in [1.82, 2.24) is 10.2 Å². The highest BCUT2D eigenvalue weighted by Gasteiger charge is 2.18. The molecule has 0 aliphatic carbocycles. The third-order valence-corrected chi connectivity index (χ3v) is 4.35. The zero-order valence-corrected chi connectivity index (χ0v) is 12.8. The number of nitriles is 1. The first-order valence-electron chi connectivity index (χ1n) is 7.84. The Balaban J connectivity index is 1.69. The summed E-state index contributed by atoms with van der Waals surface area (Å²) < 4.78 is 0. The van der Waals surface area contributed by atoms with Crippen LogP contribution in [0.25, 0.3) is 0 Å². The third-order valence-electron chi connectivity index (χ3n) is 4.35. The van der Waals surface area contributed by atoms with Crippen LogP contribution in [-0.2, 0) is 0 Å². The van der Waals surface area contributed by atoms with Crippen molar-refractivity contribution in [2.45, 2.75) is 25.9 Å². The molecule has 21 heavy (non-hydrogen) atoms. The monoisotopic (exact) mass is 287 g/mol. The molecule has 1 heterocycles. The van der Waals surface area contributed by atoms with Gasteiger partial charge in [0.2, 0.25) is 0 Å². The molecule has 0 amide bonds. The number of nitrogens with zero attached hydrogens (tertiary/aromatic N) is 2. The molecule has 0 aromatic heterocycles. The first-order valence-corrected chi connectivity index (χ1v) is 7.84. The van der Waals surface area contributed by atoms with Crippen LogP contribution in [0.4, 0.5) is 0 Å². The van der Waals surface area contributed by atoms with Crippen LogP contribution in [0.1, 0.15) is 37.0 Å². The van der Waals surface area contributed by atoms with Gasteiger partial charge in [0, 0.05) is 6.54 Å². The standard InChI is InChI=1S/C17H25N3O/c1-2-20-9-7-15(8-10-20)12-19-13-17(21)16-5-3-14(11-18)4-6-16/h3-6,15,17,19,21H,2,7-10,12-13H2,1H3. The van der Waals surface area contributed by atoms with Gasteiger partial charge in [-0.25, -0.2) is 0 Å². The maximum atomic E-state index is 10.1. The molecule has 1 fully saturated rings. The quantitative estimate of drug-likeness (QED) is 0.839. The van der Waals surface area contributed by atoms with E-state index < -0.39 is 6.10 Å². The Bertz CT molecular complexity index is 458. The Morgan fingerprint density at radius 1 is 1.33 bits per heavy atom. The summed E-state index contributed by atoms with van der Waals surface area (Å²) in [7, 11) is 0. The number of nitrogens with one attached hydrogen (secondary N) is 1. The predicted molar refractivity (Wildman–Crippen MR) is 83.8 cm³/mol. The molecule has 1 aliphatic heterocycles. The Hall–Kier alpha value is -1.41. The number of aliphatic hydroxyl groups excluding tert-OH is 1. The van der Waals surface area contributed by atoms with E-state index in [9.17, 15) is 5.11 Å². The minimum Gasteiger partial charge on any atom is -0.387 e. The summed E-state index contributed by atoms with van der Waals surface area (Å²) in [4.78, 5) is 2.49. The normalized spacial score (nSPS) is 18.3. The fourth-order valence-electron chi connectivity index (χ4n) is 2.83. The van der Waals surface area contributed by atoms with Crippen molar-refractivity contribution < 1.29 is 5.11 Å². The van der Waals surface area contributed by atoms with Crippen LogP contribution in [-0.4, -0.2) is 42.7 Å². The van der Waals surface area contributed by atoms with Gasteiger partial charge in [-0.2, -0.15) is 5.26 Å². The number of hydrogen-bond acceptors (Lipinski definition) is 4. The van der Waals surface area contributed by atoms with E-state index in [0.29, 0.717) is 12.1 Å². The molecule has 1 aromatic rings. The van der Waals surface area contributed by atoms with Gasteiger partial charge in [-0.3, -0.25) is 0 Å². The van der Waals surface area contributed by atoms with Crippen LogP contribution in [0.15, 0.2) is 24.3 Å². The topological polar surface area (TPSA) is 59.3 Å². The molecule has 4 heteroatoms. The molecule has 2 N–H and O–H groups in total.